The summed E-state index contributed by atoms with van der Waals surface area (Å²) in [5.41, 5.74) is 0.107. The van der Waals surface area contributed by atoms with E-state index >= 15 is 0 Å². The molecule has 0 aromatic carbocycles. The summed E-state index contributed by atoms with van der Waals surface area (Å²) in [5, 5.41) is 11.2. The Morgan fingerprint density at radius 3 is 2.46 bits per heavy atom. The van der Waals surface area contributed by atoms with Gasteiger partial charge in [0.1, 0.15) is 5.60 Å². The largest absolute Gasteiger partial charge is 0.382 e. The van der Waals surface area contributed by atoms with Crippen molar-refractivity contribution in [1.29, 1.82) is 0 Å². The molecule has 4 heteroatoms. The fraction of sp³-hybridized carbons (Fsp3) is 0.818. The molecule has 0 aliphatic heterocycles. The first-order valence-electron chi connectivity index (χ1n) is 10.1. The molecule has 0 unspecified atom stereocenters. The number of carbonyl (C=O) groups excluding carboxylic acids is 2. The second-order valence-electron chi connectivity index (χ2n) is 9.91. The van der Waals surface area contributed by atoms with E-state index in [9.17, 15) is 14.7 Å². The Labute approximate surface area is 163 Å². The average Bonchev–Trinajstić information content (AvgIpc) is 2.83. The van der Waals surface area contributed by atoms with E-state index in [1.54, 1.807) is 6.92 Å². The molecule has 0 heterocycles. The Morgan fingerprint density at radius 1 is 1.15 bits per heavy atom. The standard InChI is InChI=1S/C22H32O3.ClH/c1-13-11-16-17(20(3)8-5-15(24)12-19(13)20)6-9-21(4)18(16)7-10-22(21,25)14(2)23;/h12-13,16-18,25H,5-11H2,1-4H3;1H/t13-,16+,17-,18-,20+,21-,22-;/m0./s1. The van der Waals surface area contributed by atoms with Gasteiger partial charge in [-0.3, -0.25) is 9.59 Å². The number of Topliss-reactive ketones (excluding diaryl/α,β-unsaturated/α-hetero) is 1. The number of aliphatic hydroxyl groups is 1. The second kappa shape index (κ2) is 6.17. The molecule has 26 heavy (non-hydrogen) atoms. The summed E-state index contributed by atoms with van der Waals surface area (Å²) in [6.45, 7) is 8.40. The average molecular weight is 381 g/mol. The van der Waals surface area contributed by atoms with E-state index in [4.69, 9.17) is 0 Å². The van der Waals surface area contributed by atoms with Gasteiger partial charge in [-0.05, 0) is 80.6 Å². The summed E-state index contributed by atoms with van der Waals surface area (Å²) in [4.78, 5) is 24.3. The Kier molecular flexibility index (Phi) is 4.76. The van der Waals surface area contributed by atoms with Crippen LogP contribution in [0, 0.1) is 34.5 Å². The van der Waals surface area contributed by atoms with Crippen LogP contribution in [-0.4, -0.2) is 22.3 Å². The van der Waals surface area contributed by atoms with Gasteiger partial charge in [0.2, 0.25) is 0 Å². The molecule has 3 fully saturated rings. The predicted octanol–water partition coefficient (Wildman–Crippen LogP) is 4.51. The highest BCUT2D eigenvalue weighted by atomic mass is 35.5. The first kappa shape index (κ1) is 20.1. The van der Waals surface area contributed by atoms with Crippen molar-refractivity contribution < 1.29 is 14.7 Å². The maximum absolute atomic E-state index is 12.3. The van der Waals surface area contributed by atoms with E-state index in [1.165, 1.54) is 5.57 Å². The first-order chi connectivity index (χ1) is 11.6. The van der Waals surface area contributed by atoms with Gasteiger partial charge in [0.15, 0.2) is 11.6 Å². The van der Waals surface area contributed by atoms with Crippen molar-refractivity contribution >= 4 is 24.0 Å². The summed E-state index contributed by atoms with van der Waals surface area (Å²) >= 11 is 0. The molecule has 3 nitrogen and oxygen atoms in total. The van der Waals surface area contributed by atoms with Crippen LogP contribution in [0.15, 0.2) is 11.6 Å². The van der Waals surface area contributed by atoms with Crippen LogP contribution < -0.4 is 0 Å². The van der Waals surface area contributed by atoms with Gasteiger partial charge in [-0.1, -0.05) is 26.3 Å². The number of allylic oxidation sites excluding steroid dienone is 1. The quantitative estimate of drug-likeness (QED) is 0.728. The van der Waals surface area contributed by atoms with Crippen LogP contribution in [0.1, 0.15) is 72.6 Å². The zero-order valence-electron chi connectivity index (χ0n) is 16.5. The fourth-order valence-electron chi connectivity index (χ4n) is 7.58. The Bertz CT molecular complexity index is 670. The molecule has 7 atom stereocenters. The highest BCUT2D eigenvalue weighted by Crippen LogP contribution is 2.68. The zero-order valence-corrected chi connectivity index (χ0v) is 17.3. The monoisotopic (exact) mass is 380 g/mol. The second-order valence-corrected chi connectivity index (χ2v) is 9.91. The van der Waals surface area contributed by atoms with E-state index in [-0.39, 0.29) is 29.0 Å². The van der Waals surface area contributed by atoms with Crippen LogP contribution in [0.2, 0.25) is 0 Å². The van der Waals surface area contributed by atoms with Crippen LogP contribution in [0.3, 0.4) is 0 Å². The molecule has 4 aliphatic carbocycles. The topological polar surface area (TPSA) is 54.4 Å². The van der Waals surface area contributed by atoms with E-state index in [0.717, 1.165) is 32.1 Å². The van der Waals surface area contributed by atoms with Gasteiger partial charge >= 0.3 is 0 Å². The minimum Gasteiger partial charge on any atom is -0.382 e. The highest BCUT2D eigenvalue weighted by molar-refractivity contribution is 5.91. The van der Waals surface area contributed by atoms with E-state index in [0.29, 0.717) is 42.3 Å². The molecule has 0 bridgehead atoms. The van der Waals surface area contributed by atoms with E-state index in [1.807, 2.05) is 6.08 Å². The minimum absolute atomic E-state index is 0. The minimum atomic E-state index is -1.13. The molecule has 3 saturated carbocycles. The summed E-state index contributed by atoms with van der Waals surface area (Å²) in [6, 6.07) is 0. The van der Waals surface area contributed by atoms with E-state index in [2.05, 4.69) is 20.8 Å². The Balaban J connectivity index is 0.00000196. The van der Waals surface area contributed by atoms with Gasteiger partial charge in [0.25, 0.3) is 0 Å². The van der Waals surface area contributed by atoms with Crippen LogP contribution in [-0.2, 0) is 9.59 Å². The molecular weight excluding hydrogens is 348 g/mol. The van der Waals surface area contributed by atoms with Crippen LogP contribution in [0.25, 0.3) is 0 Å². The van der Waals surface area contributed by atoms with Crippen molar-refractivity contribution in [2.45, 2.75) is 78.2 Å². The van der Waals surface area contributed by atoms with Gasteiger partial charge in [-0.2, -0.15) is 0 Å². The third-order valence-electron chi connectivity index (χ3n) is 9.01. The molecule has 1 N–H and O–H groups in total. The Hall–Kier alpha value is -0.670. The molecule has 0 saturated heterocycles. The summed E-state index contributed by atoms with van der Waals surface area (Å²) in [6.07, 6.45) is 8.31. The summed E-state index contributed by atoms with van der Waals surface area (Å²) in [5.74, 6) is 2.27. The van der Waals surface area contributed by atoms with E-state index < -0.39 is 5.60 Å². The molecule has 0 spiro atoms. The van der Waals surface area contributed by atoms with Crippen molar-refractivity contribution in [3.05, 3.63) is 11.6 Å². The highest BCUT2D eigenvalue weighted by Gasteiger charge is 2.66. The fourth-order valence-corrected chi connectivity index (χ4v) is 7.58. The lowest BCUT2D eigenvalue weighted by Crippen LogP contribution is -2.57. The number of halogens is 1. The van der Waals surface area contributed by atoms with Gasteiger partial charge < -0.3 is 5.11 Å². The lowest BCUT2D eigenvalue weighted by Gasteiger charge is -2.60. The molecular formula is C22H33ClO3. The maximum atomic E-state index is 12.3. The Morgan fingerprint density at radius 2 is 1.81 bits per heavy atom. The first-order valence-corrected chi connectivity index (χ1v) is 10.1. The van der Waals surface area contributed by atoms with Crippen molar-refractivity contribution in [1.82, 2.24) is 0 Å². The van der Waals surface area contributed by atoms with Gasteiger partial charge in [-0.25, -0.2) is 0 Å². The molecule has 4 rings (SSSR count). The SMILES string of the molecule is CC(=O)[C@@]1(O)CC[C@H]2[C@@H]3C[C@H](C)C4=CC(=O)CC[C@]4(C)[C@H]3CC[C@@]21C.Cl. The smallest absolute Gasteiger partial charge is 0.161 e. The third kappa shape index (κ3) is 2.35. The van der Waals surface area contributed by atoms with Crippen molar-refractivity contribution in [2.24, 2.45) is 34.5 Å². The van der Waals surface area contributed by atoms with Crippen molar-refractivity contribution in [3.8, 4) is 0 Å². The van der Waals surface area contributed by atoms with Crippen LogP contribution in [0.4, 0.5) is 0 Å². The summed E-state index contributed by atoms with van der Waals surface area (Å²) < 4.78 is 0. The van der Waals surface area contributed by atoms with Crippen LogP contribution >= 0.6 is 12.4 Å². The lowest BCUT2D eigenvalue weighted by molar-refractivity contribution is -0.161. The number of rotatable bonds is 1. The predicted molar refractivity (Wildman–Crippen MR) is 104 cm³/mol. The molecule has 0 amide bonds. The molecule has 0 radical (unpaired) electrons. The van der Waals surface area contributed by atoms with Crippen molar-refractivity contribution in [2.75, 3.05) is 0 Å². The number of hydrogen-bond donors (Lipinski definition) is 1. The zero-order chi connectivity index (χ0) is 18.2. The number of fused-ring (bicyclic) bond motifs is 5. The van der Waals surface area contributed by atoms with Gasteiger partial charge in [0.05, 0.1) is 0 Å². The maximum Gasteiger partial charge on any atom is 0.161 e. The number of ketones is 2. The van der Waals surface area contributed by atoms with Crippen molar-refractivity contribution in [3.63, 3.8) is 0 Å². The third-order valence-corrected chi connectivity index (χ3v) is 9.01. The van der Waals surface area contributed by atoms with Gasteiger partial charge in [-0.15, -0.1) is 12.4 Å². The normalized spacial score (nSPS) is 50.0. The number of carbonyl (C=O) groups is 2. The molecule has 4 aliphatic rings. The van der Waals surface area contributed by atoms with Crippen LogP contribution in [0.5, 0.6) is 0 Å². The molecule has 0 aromatic rings. The van der Waals surface area contributed by atoms with Gasteiger partial charge in [0, 0.05) is 11.8 Å². The lowest BCUT2D eigenvalue weighted by atomic mass is 9.45. The summed E-state index contributed by atoms with van der Waals surface area (Å²) in [7, 11) is 0. The number of hydrogen-bond acceptors (Lipinski definition) is 3. The molecule has 0 aromatic heterocycles. The molecule has 146 valence electrons.